The number of nitrogens with zero attached hydrogens (tertiary/aromatic N) is 1. The molecule has 0 N–H and O–H groups in total. The minimum absolute atomic E-state index is 0.0784. The number of benzene rings is 1. The van der Waals surface area contributed by atoms with Crippen molar-refractivity contribution < 1.29 is 19.1 Å². The smallest absolute Gasteiger partial charge is 0.338 e. The van der Waals surface area contributed by atoms with Gasteiger partial charge >= 0.3 is 5.97 Å². The van der Waals surface area contributed by atoms with Crippen LogP contribution in [0.5, 0.6) is 0 Å². The van der Waals surface area contributed by atoms with Crippen LogP contribution in [-0.4, -0.2) is 49.2 Å². The first kappa shape index (κ1) is 22.3. The van der Waals surface area contributed by atoms with E-state index in [4.69, 9.17) is 9.47 Å². The highest BCUT2D eigenvalue weighted by Crippen LogP contribution is 2.56. The monoisotopic (exact) mass is 427 g/mol. The first-order valence-electron chi connectivity index (χ1n) is 11.9. The van der Waals surface area contributed by atoms with Crippen LogP contribution in [-0.2, 0) is 26.1 Å². The summed E-state index contributed by atoms with van der Waals surface area (Å²) >= 11 is 0. The number of methoxy groups -OCH3 is 1. The number of fused-ring (bicyclic) bond motifs is 4. The summed E-state index contributed by atoms with van der Waals surface area (Å²) in [6.45, 7) is 9.92. The van der Waals surface area contributed by atoms with Crippen LogP contribution in [0, 0.1) is 11.3 Å². The molecule has 2 bridgehead atoms. The molecular weight excluding hydrogens is 390 g/mol. The van der Waals surface area contributed by atoms with Crippen molar-refractivity contribution in [3.63, 3.8) is 0 Å². The van der Waals surface area contributed by atoms with E-state index in [2.05, 4.69) is 31.7 Å². The molecular formula is C26H37NO4. The number of amides is 1. The van der Waals surface area contributed by atoms with Crippen molar-refractivity contribution >= 4 is 11.9 Å². The standard InChI is InChI=1S/C26H37NO4/c1-6-31-24(29)19-8-7-9-21-20(19)16-22-25(2,3)26(21,4)14-15-27(22)23(28)17-10-12-18(30-5)13-11-17/h7-9,17-18,22H,6,10-16H2,1-5H3/t17?,18?,22-,26-/m0/s1. The Morgan fingerprint density at radius 1 is 1.13 bits per heavy atom. The normalized spacial score (nSPS) is 31.6. The summed E-state index contributed by atoms with van der Waals surface area (Å²) in [7, 11) is 1.77. The van der Waals surface area contributed by atoms with Gasteiger partial charge in [0.1, 0.15) is 0 Å². The number of rotatable bonds is 4. The predicted molar refractivity (Wildman–Crippen MR) is 120 cm³/mol. The third kappa shape index (κ3) is 3.49. The first-order valence-corrected chi connectivity index (χ1v) is 11.9. The van der Waals surface area contributed by atoms with E-state index in [1.165, 1.54) is 5.56 Å². The van der Waals surface area contributed by atoms with Gasteiger partial charge in [-0.15, -0.1) is 0 Å². The van der Waals surface area contributed by atoms with Gasteiger partial charge in [0.05, 0.1) is 18.3 Å². The maximum absolute atomic E-state index is 13.7. The van der Waals surface area contributed by atoms with Crippen molar-refractivity contribution in [1.82, 2.24) is 4.90 Å². The molecule has 1 heterocycles. The van der Waals surface area contributed by atoms with Crippen molar-refractivity contribution in [3.05, 3.63) is 34.9 Å². The molecule has 1 aromatic carbocycles. The van der Waals surface area contributed by atoms with Gasteiger partial charge in [-0.05, 0) is 68.1 Å². The third-order valence-corrected chi connectivity index (χ3v) is 8.79. The van der Waals surface area contributed by atoms with Gasteiger partial charge in [0.2, 0.25) is 5.91 Å². The van der Waals surface area contributed by atoms with Gasteiger partial charge in [-0.2, -0.15) is 0 Å². The maximum Gasteiger partial charge on any atom is 0.338 e. The summed E-state index contributed by atoms with van der Waals surface area (Å²) < 4.78 is 10.9. The molecule has 1 saturated carbocycles. The number of hydrogen-bond donors (Lipinski definition) is 0. The van der Waals surface area contributed by atoms with Gasteiger partial charge in [0, 0.05) is 31.0 Å². The van der Waals surface area contributed by atoms with Gasteiger partial charge in [-0.1, -0.05) is 32.9 Å². The molecule has 31 heavy (non-hydrogen) atoms. The molecule has 0 radical (unpaired) electrons. The minimum Gasteiger partial charge on any atom is -0.462 e. The Morgan fingerprint density at radius 3 is 2.48 bits per heavy atom. The fourth-order valence-electron chi connectivity index (χ4n) is 6.39. The van der Waals surface area contributed by atoms with E-state index in [9.17, 15) is 9.59 Å². The lowest BCUT2D eigenvalue weighted by molar-refractivity contribution is -0.150. The fourth-order valence-corrected chi connectivity index (χ4v) is 6.39. The Kier molecular flexibility index (Phi) is 5.93. The lowest BCUT2D eigenvalue weighted by Gasteiger charge is -2.61. The van der Waals surface area contributed by atoms with E-state index in [-0.39, 0.29) is 28.8 Å². The van der Waals surface area contributed by atoms with Crippen LogP contribution in [0.4, 0.5) is 0 Å². The van der Waals surface area contributed by atoms with E-state index in [1.54, 1.807) is 7.11 Å². The highest BCUT2D eigenvalue weighted by atomic mass is 16.5. The molecule has 170 valence electrons. The number of piperidine rings is 1. The Hall–Kier alpha value is -1.88. The molecule has 4 rings (SSSR count). The molecule has 0 spiro atoms. The van der Waals surface area contributed by atoms with Crippen molar-refractivity contribution in [2.24, 2.45) is 11.3 Å². The molecule has 1 amide bonds. The molecule has 2 aliphatic carbocycles. The van der Waals surface area contributed by atoms with Crippen LogP contribution < -0.4 is 0 Å². The van der Waals surface area contributed by atoms with Crippen LogP contribution in [0.3, 0.4) is 0 Å². The lowest BCUT2D eigenvalue weighted by Crippen LogP contribution is -2.65. The minimum atomic E-state index is -0.253. The number of likely N-dealkylation sites (tertiary alicyclic amines) is 1. The Balaban J connectivity index is 1.67. The fraction of sp³-hybridized carbons (Fsp3) is 0.692. The van der Waals surface area contributed by atoms with Crippen molar-refractivity contribution in [1.29, 1.82) is 0 Å². The second kappa shape index (κ2) is 8.23. The molecule has 1 aliphatic heterocycles. The average molecular weight is 428 g/mol. The average Bonchev–Trinajstić information content (AvgIpc) is 2.75. The SMILES string of the molecule is CCOC(=O)c1cccc2c1C[C@@H]1N(C(=O)C3CCC(OC)CC3)CC[C@]2(C)C1(C)C. The molecule has 5 heteroatoms. The van der Waals surface area contributed by atoms with Gasteiger partial charge in [-0.3, -0.25) is 4.79 Å². The van der Waals surface area contributed by atoms with Crippen molar-refractivity contribution in [3.8, 4) is 0 Å². The molecule has 2 atom stereocenters. The zero-order valence-corrected chi connectivity index (χ0v) is 19.7. The van der Waals surface area contributed by atoms with E-state index < -0.39 is 0 Å². The number of hydrogen-bond acceptors (Lipinski definition) is 4. The Bertz CT molecular complexity index is 855. The number of carbonyl (C=O) groups is 2. The molecule has 1 aromatic rings. The topological polar surface area (TPSA) is 55.8 Å². The summed E-state index contributed by atoms with van der Waals surface area (Å²) in [6.07, 6.45) is 5.65. The number of esters is 1. The highest BCUT2D eigenvalue weighted by molar-refractivity contribution is 5.92. The summed E-state index contributed by atoms with van der Waals surface area (Å²) in [5, 5.41) is 0. The quantitative estimate of drug-likeness (QED) is 0.664. The van der Waals surface area contributed by atoms with E-state index in [1.807, 2.05) is 19.1 Å². The van der Waals surface area contributed by atoms with Crippen LogP contribution in [0.25, 0.3) is 0 Å². The van der Waals surface area contributed by atoms with Crippen LogP contribution >= 0.6 is 0 Å². The third-order valence-electron chi connectivity index (χ3n) is 8.79. The number of carbonyl (C=O) groups excluding carboxylic acids is 2. The van der Waals surface area contributed by atoms with E-state index in [0.717, 1.165) is 44.2 Å². The molecule has 1 saturated heterocycles. The summed E-state index contributed by atoms with van der Waals surface area (Å²) in [4.78, 5) is 28.5. The Morgan fingerprint density at radius 2 is 1.84 bits per heavy atom. The van der Waals surface area contributed by atoms with E-state index >= 15 is 0 Å². The molecule has 2 fully saturated rings. The first-order chi connectivity index (χ1) is 14.7. The molecule has 0 unspecified atom stereocenters. The zero-order chi connectivity index (χ0) is 22.4. The molecule has 3 aliphatic rings. The largest absolute Gasteiger partial charge is 0.462 e. The zero-order valence-electron chi connectivity index (χ0n) is 19.7. The van der Waals surface area contributed by atoms with Crippen molar-refractivity contribution in [2.75, 3.05) is 20.3 Å². The van der Waals surface area contributed by atoms with Crippen LogP contribution in [0.1, 0.15) is 81.3 Å². The highest BCUT2D eigenvalue weighted by Gasteiger charge is 2.57. The second-order valence-corrected chi connectivity index (χ2v) is 10.3. The van der Waals surface area contributed by atoms with Gasteiger partial charge in [-0.25, -0.2) is 4.79 Å². The number of ether oxygens (including phenoxy) is 2. The van der Waals surface area contributed by atoms with Gasteiger partial charge in [0.25, 0.3) is 0 Å². The molecule has 5 nitrogen and oxygen atoms in total. The van der Waals surface area contributed by atoms with Crippen LogP contribution in [0.2, 0.25) is 0 Å². The van der Waals surface area contributed by atoms with Crippen LogP contribution in [0.15, 0.2) is 18.2 Å². The van der Waals surface area contributed by atoms with Gasteiger partial charge in [0.15, 0.2) is 0 Å². The Labute approximate surface area is 186 Å². The lowest BCUT2D eigenvalue weighted by atomic mass is 9.50. The molecule has 0 aromatic heterocycles. The summed E-state index contributed by atoms with van der Waals surface area (Å²) in [6, 6.07) is 6.13. The van der Waals surface area contributed by atoms with E-state index in [0.29, 0.717) is 30.6 Å². The summed E-state index contributed by atoms with van der Waals surface area (Å²) in [5.41, 5.74) is 2.84. The predicted octanol–water partition coefficient (Wildman–Crippen LogP) is 4.51. The van der Waals surface area contributed by atoms with Gasteiger partial charge < -0.3 is 14.4 Å². The summed E-state index contributed by atoms with van der Waals surface area (Å²) in [5.74, 6) is 0.136. The second-order valence-electron chi connectivity index (χ2n) is 10.3. The van der Waals surface area contributed by atoms with Crippen molar-refractivity contribution in [2.45, 2.75) is 83.8 Å². The maximum atomic E-state index is 13.7.